The van der Waals surface area contributed by atoms with Crippen LogP contribution in [0, 0.1) is 5.92 Å². The molecule has 0 bridgehead atoms. The van der Waals surface area contributed by atoms with Gasteiger partial charge in [-0.3, -0.25) is 0 Å². The average molecular weight is 309 g/mol. The second kappa shape index (κ2) is 18.8. The zero-order valence-electron chi connectivity index (χ0n) is 16.0. The Morgan fingerprint density at radius 1 is 0.545 bits per heavy atom. The van der Waals surface area contributed by atoms with Gasteiger partial charge in [0.1, 0.15) is 0 Å². The van der Waals surface area contributed by atoms with Crippen LogP contribution in [-0.4, -0.2) is 0 Å². The van der Waals surface area contributed by atoms with Crippen LogP contribution in [0.2, 0.25) is 0 Å². The van der Waals surface area contributed by atoms with Crippen LogP contribution in [0.5, 0.6) is 0 Å². The predicted octanol–water partition coefficient (Wildman–Crippen LogP) is 8.46. The van der Waals surface area contributed by atoms with Gasteiger partial charge in [0.2, 0.25) is 0 Å². The lowest BCUT2D eigenvalue weighted by Gasteiger charge is -2.04. The van der Waals surface area contributed by atoms with Gasteiger partial charge in [-0.05, 0) is 31.6 Å². The van der Waals surface area contributed by atoms with Crippen LogP contribution in [0.1, 0.15) is 124 Å². The van der Waals surface area contributed by atoms with E-state index in [0.717, 1.165) is 5.92 Å². The topological polar surface area (TPSA) is 0 Å². The van der Waals surface area contributed by atoms with Crippen LogP contribution in [0.15, 0.2) is 12.2 Å². The fourth-order valence-corrected chi connectivity index (χ4v) is 2.98. The van der Waals surface area contributed by atoms with Gasteiger partial charge in [-0.2, -0.15) is 0 Å². The molecule has 0 nitrogen and oxygen atoms in total. The molecule has 0 heteroatoms. The fraction of sp³-hybridized carbons (Fsp3) is 0.909. The Labute approximate surface area is 142 Å². The highest BCUT2D eigenvalue weighted by Gasteiger charge is 1.95. The van der Waals surface area contributed by atoms with Gasteiger partial charge < -0.3 is 0 Å². The summed E-state index contributed by atoms with van der Waals surface area (Å²) in [6.07, 6.45) is 27.5. The van der Waals surface area contributed by atoms with Crippen molar-refractivity contribution >= 4 is 0 Å². The Kier molecular flexibility index (Phi) is 18.6. The minimum atomic E-state index is 0.894. The normalized spacial score (nSPS) is 11.8. The molecular weight excluding hydrogens is 264 g/mol. The average Bonchev–Trinajstić information content (AvgIpc) is 2.50. The lowest BCUT2D eigenvalue weighted by molar-refractivity contribution is 0.506. The van der Waals surface area contributed by atoms with Crippen molar-refractivity contribution in [1.29, 1.82) is 0 Å². The number of unbranched alkanes of at least 4 members (excludes halogenated alkanes) is 13. The standard InChI is InChI=1S/C22H44/c1-4-5-6-7-8-9-10-11-12-13-14-15-16-17-18-19-20-21-22(2)3/h9-10,22H,4-8,11-21H2,1-3H3/b10-9-. The summed E-state index contributed by atoms with van der Waals surface area (Å²) in [6, 6.07) is 0. The smallest absolute Gasteiger partial charge is 0.0351 e. The molecule has 22 heavy (non-hydrogen) atoms. The van der Waals surface area contributed by atoms with Gasteiger partial charge in [-0.1, -0.05) is 110 Å². The third kappa shape index (κ3) is 19.7. The molecule has 0 aliphatic rings. The molecule has 0 atom stereocenters. The van der Waals surface area contributed by atoms with Crippen LogP contribution in [0.25, 0.3) is 0 Å². The quantitative estimate of drug-likeness (QED) is 0.187. The lowest BCUT2D eigenvalue weighted by Crippen LogP contribution is -1.87. The molecule has 0 aromatic heterocycles. The lowest BCUT2D eigenvalue weighted by atomic mass is 10.0. The number of rotatable bonds is 17. The zero-order chi connectivity index (χ0) is 16.3. The van der Waals surface area contributed by atoms with Crippen LogP contribution >= 0.6 is 0 Å². The van der Waals surface area contributed by atoms with Crippen molar-refractivity contribution in [3.05, 3.63) is 12.2 Å². The van der Waals surface area contributed by atoms with Gasteiger partial charge in [-0.25, -0.2) is 0 Å². The third-order valence-electron chi connectivity index (χ3n) is 4.54. The summed E-state index contributed by atoms with van der Waals surface area (Å²) in [5, 5.41) is 0. The Balaban J connectivity index is 3.03. The maximum atomic E-state index is 2.42. The van der Waals surface area contributed by atoms with Gasteiger partial charge in [0.05, 0.1) is 0 Å². The van der Waals surface area contributed by atoms with Crippen molar-refractivity contribution in [2.45, 2.75) is 124 Å². The van der Waals surface area contributed by atoms with E-state index in [9.17, 15) is 0 Å². The van der Waals surface area contributed by atoms with E-state index in [1.165, 1.54) is 103 Å². The highest BCUT2D eigenvalue weighted by molar-refractivity contribution is 4.81. The number of hydrogen-bond acceptors (Lipinski definition) is 0. The molecule has 0 N–H and O–H groups in total. The molecule has 0 fully saturated rings. The molecule has 0 aromatic rings. The van der Waals surface area contributed by atoms with Gasteiger partial charge in [0.25, 0.3) is 0 Å². The molecule has 132 valence electrons. The van der Waals surface area contributed by atoms with Crippen molar-refractivity contribution in [3.8, 4) is 0 Å². The summed E-state index contributed by atoms with van der Waals surface area (Å²) in [7, 11) is 0. The minimum absolute atomic E-state index is 0.894. The van der Waals surface area contributed by atoms with Crippen LogP contribution in [0.3, 0.4) is 0 Å². The van der Waals surface area contributed by atoms with E-state index < -0.39 is 0 Å². The summed E-state index contributed by atoms with van der Waals surface area (Å²) in [5.41, 5.74) is 0. The Morgan fingerprint density at radius 3 is 1.41 bits per heavy atom. The summed E-state index contributed by atoms with van der Waals surface area (Å²) in [6.45, 7) is 6.95. The molecule has 0 radical (unpaired) electrons. The van der Waals surface area contributed by atoms with Gasteiger partial charge in [0.15, 0.2) is 0 Å². The summed E-state index contributed by atoms with van der Waals surface area (Å²) in [5.74, 6) is 0.894. The van der Waals surface area contributed by atoms with E-state index >= 15 is 0 Å². The molecule has 0 unspecified atom stereocenters. The Bertz CT molecular complexity index is 214. The van der Waals surface area contributed by atoms with Crippen LogP contribution < -0.4 is 0 Å². The highest BCUT2D eigenvalue weighted by Crippen LogP contribution is 2.13. The summed E-state index contributed by atoms with van der Waals surface area (Å²) < 4.78 is 0. The predicted molar refractivity (Wildman–Crippen MR) is 104 cm³/mol. The van der Waals surface area contributed by atoms with Crippen LogP contribution in [-0.2, 0) is 0 Å². The molecule has 0 rings (SSSR count). The molecule has 0 saturated carbocycles. The van der Waals surface area contributed by atoms with Crippen molar-refractivity contribution in [3.63, 3.8) is 0 Å². The summed E-state index contributed by atoms with van der Waals surface area (Å²) >= 11 is 0. The largest absolute Gasteiger partial charge is 0.0885 e. The maximum Gasteiger partial charge on any atom is -0.0351 e. The van der Waals surface area contributed by atoms with E-state index in [2.05, 4.69) is 32.9 Å². The molecule has 0 saturated heterocycles. The second-order valence-electron chi connectivity index (χ2n) is 7.47. The first-order valence-electron chi connectivity index (χ1n) is 10.4. The number of allylic oxidation sites excluding steroid dienone is 2. The van der Waals surface area contributed by atoms with E-state index in [1.54, 1.807) is 0 Å². The van der Waals surface area contributed by atoms with Gasteiger partial charge in [0, 0.05) is 0 Å². The van der Waals surface area contributed by atoms with E-state index in [-0.39, 0.29) is 0 Å². The van der Waals surface area contributed by atoms with Crippen LogP contribution in [0.4, 0.5) is 0 Å². The first-order chi connectivity index (χ1) is 10.8. The Morgan fingerprint density at radius 2 is 0.955 bits per heavy atom. The van der Waals surface area contributed by atoms with Crippen molar-refractivity contribution in [1.82, 2.24) is 0 Å². The second-order valence-corrected chi connectivity index (χ2v) is 7.47. The molecule has 0 amide bonds. The molecule has 0 aliphatic carbocycles. The van der Waals surface area contributed by atoms with Crippen molar-refractivity contribution in [2.24, 2.45) is 5.92 Å². The van der Waals surface area contributed by atoms with Crippen molar-refractivity contribution < 1.29 is 0 Å². The maximum absolute atomic E-state index is 2.42. The first-order valence-corrected chi connectivity index (χ1v) is 10.4. The van der Waals surface area contributed by atoms with Crippen molar-refractivity contribution in [2.75, 3.05) is 0 Å². The fourth-order valence-electron chi connectivity index (χ4n) is 2.98. The van der Waals surface area contributed by atoms with E-state index in [1.807, 2.05) is 0 Å². The molecule has 0 aromatic carbocycles. The third-order valence-corrected chi connectivity index (χ3v) is 4.54. The molecular formula is C22H44. The molecule has 0 spiro atoms. The summed E-state index contributed by atoms with van der Waals surface area (Å²) in [4.78, 5) is 0. The SMILES string of the molecule is CCCCCC/C=C\CCCCCCCCCCCC(C)C. The monoisotopic (exact) mass is 308 g/mol. The Hall–Kier alpha value is -0.260. The minimum Gasteiger partial charge on any atom is -0.0885 e. The van der Waals surface area contributed by atoms with Gasteiger partial charge in [-0.15, -0.1) is 0 Å². The first kappa shape index (κ1) is 21.7. The van der Waals surface area contributed by atoms with E-state index in [0.29, 0.717) is 0 Å². The van der Waals surface area contributed by atoms with E-state index in [4.69, 9.17) is 0 Å². The zero-order valence-corrected chi connectivity index (χ0v) is 16.0. The number of hydrogen-bond donors (Lipinski definition) is 0. The molecule has 0 aliphatic heterocycles. The van der Waals surface area contributed by atoms with Gasteiger partial charge >= 0.3 is 0 Å². The molecule has 0 heterocycles. The highest BCUT2D eigenvalue weighted by atomic mass is 14.0.